The Kier molecular flexibility index (Phi) is 6.72. The molecule has 0 saturated heterocycles. The first-order chi connectivity index (χ1) is 9.95. The maximum atomic E-state index is 11.7. The molecule has 1 aromatic carbocycles. The number of carbonyl (C=O) groups excluding carboxylic acids is 1. The molecule has 2 N–H and O–H groups in total. The number of rotatable bonds is 8. The van der Waals surface area contributed by atoms with E-state index in [9.17, 15) is 9.59 Å². The van der Waals surface area contributed by atoms with Crippen molar-refractivity contribution in [2.45, 2.75) is 33.1 Å². The summed E-state index contributed by atoms with van der Waals surface area (Å²) in [5.74, 6) is -0.800. The molecule has 0 bridgehead atoms. The molecule has 5 heteroatoms. The van der Waals surface area contributed by atoms with Crippen LogP contribution in [0, 0.1) is 5.92 Å². The number of amides is 1. The Morgan fingerprint density at radius 1 is 1.29 bits per heavy atom. The van der Waals surface area contributed by atoms with E-state index in [2.05, 4.69) is 19.2 Å². The van der Waals surface area contributed by atoms with Crippen LogP contribution < -0.4 is 10.1 Å². The average Bonchev–Trinajstić information content (AvgIpc) is 2.49. The molecule has 1 amide bonds. The lowest BCUT2D eigenvalue weighted by atomic mass is 9.98. The highest BCUT2D eigenvalue weighted by Crippen LogP contribution is 2.28. The lowest BCUT2D eigenvalue weighted by Gasteiger charge is -2.15. The van der Waals surface area contributed by atoms with E-state index < -0.39 is 11.9 Å². The lowest BCUT2D eigenvalue weighted by molar-refractivity contribution is -0.141. The summed E-state index contributed by atoms with van der Waals surface area (Å²) in [7, 11) is 0. The summed E-state index contributed by atoms with van der Waals surface area (Å²) in [6.45, 7) is 5.74. The molecule has 0 aromatic heterocycles. The van der Waals surface area contributed by atoms with Gasteiger partial charge in [0.05, 0.1) is 5.92 Å². The molecule has 0 fully saturated rings. The third-order valence-corrected chi connectivity index (χ3v) is 3.45. The van der Waals surface area contributed by atoms with Crippen LogP contribution in [0.4, 0.5) is 0 Å². The number of nitrogens with one attached hydrogen (secondary N) is 1. The first kappa shape index (κ1) is 17.0. The Bertz CT molecular complexity index is 487. The fourth-order valence-electron chi connectivity index (χ4n) is 1.79. The van der Waals surface area contributed by atoms with Gasteiger partial charge in [-0.1, -0.05) is 39.0 Å². The summed E-state index contributed by atoms with van der Waals surface area (Å²) in [5, 5.41) is 11.3. The van der Waals surface area contributed by atoms with Crippen molar-refractivity contribution >= 4 is 11.9 Å². The van der Waals surface area contributed by atoms with Gasteiger partial charge in [0.25, 0.3) is 5.91 Å². The molecule has 0 aliphatic heterocycles. The topological polar surface area (TPSA) is 75.6 Å². The smallest absolute Gasteiger partial charge is 0.308 e. The highest BCUT2D eigenvalue weighted by Gasteiger charge is 2.14. The molecule has 2 atom stereocenters. The van der Waals surface area contributed by atoms with Crippen molar-refractivity contribution in [3.63, 3.8) is 0 Å². The van der Waals surface area contributed by atoms with E-state index in [0.29, 0.717) is 11.7 Å². The summed E-state index contributed by atoms with van der Waals surface area (Å²) in [6.07, 6.45) is 0.989. The Balaban J connectivity index is 2.52. The molecule has 2 unspecified atom stereocenters. The van der Waals surface area contributed by atoms with Crippen LogP contribution in [0.15, 0.2) is 24.3 Å². The predicted molar refractivity (Wildman–Crippen MR) is 80.5 cm³/mol. The van der Waals surface area contributed by atoms with Gasteiger partial charge in [-0.15, -0.1) is 0 Å². The molecule has 0 saturated carbocycles. The second kappa shape index (κ2) is 8.29. The number of carboxylic acid groups (broad SMARTS) is 1. The van der Waals surface area contributed by atoms with Gasteiger partial charge in [-0.05, 0) is 24.0 Å². The van der Waals surface area contributed by atoms with E-state index in [0.717, 1.165) is 12.0 Å². The molecule has 0 spiro atoms. The number of ether oxygens (including phenoxy) is 1. The SMILES string of the molecule is CCC(C)c1ccccc1OCC(=O)NCC(C)C(=O)O. The van der Waals surface area contributed by atoms with Crippen molar-refractivity contribution in [3.05, 3.63) is 29.8 Å². The zero-order valence-electron chi connectivity index (χ0n) is 12.8. The minimum Gasteiger partial charge on any atom is -0.483 e. The van der Waals surface area contributed by atoms with Gasteiger partial charge in [-0.25, -0.2) is 0 Å². The van der Waals surface area contributed by atoms with Crippen molar-refractivity contribution in [1.82, 2.24) is 5.32 Å². The molecule has 0 aliphatic carbocycles. The average molecular weight is 293 g/mol. The minimum absolute atomic E-state index is 0.102. The van der Waals surface area contributed by atoms with E-state index in [1.165, 1.54) is 0 Å². The van der Waals surface area contributed by atoms with Crippen molar-refractivity contribution in [2.75, 3.05) is 13.2 Å². The zero-order valence-corrected chi connectivity index (χ0v) is 12.8. The van der Waals surface area contributed by atoms with Crippen molar-refractivity contribution in [3.8, 4) is 5.75 Å². The monoisotopic (exact) mass is 293 g/mol. The second-order valence-electron chi connectivity index (χ2n) is 5.18. The zero-order chi connectivity index (χ0) is 15.8. The third-order valence-electron chi connectivity index (χ3n) is 3.45. The number of benzene rings is 1. The van der Waals surface area contributed by atoms with Crippen LogP contribution in [0.25, 0.3) is 0 Å². The van der Waals surface area contributed by atoms with Gasteiger partial charge in [-0.3, -0.25) is 9.59 Å². The Labute approximate surface area is 125 Å². The van der Waals surface area contributed by atoms with E-state index in [1.54, 1.807) is 6.92 Å². The predicted octanol–water partition coefficient (Wildman–Crippen LogP) is 2.42. The van der Waals surface area contributed by atoms with Gasteiger partial charge < -0.3 is 15.2 Å². The first-order valence-corrected chi connectivity index (χ1v) is 7.16. The summed E-state index contributed by atoms with van der Waals surface area (Å²) in [4.78, 5) is 22.3. The van der Waals surface area contributed by atoms with Gasteiger partial charge in [0.1, 0.15) is 5.75 Å². The Morgan fingerprint density at radius 2 is 1.95 bits per heavy atom. The quantitative estimate of drug-likeness (QED) is 0.772. The first-order valence-electron chi connectivity index (χ1n) is 7.16. The van der Waals surface area contributed by atoms with E-state index in [-0.39, 0.29) is 19.1 Å². The van der Waals surface area contributed by atoms with Gasteiger partial charge in [0.2, 0.25) is 0 Å². The van der Waals surface area contributed by atoms with Gasteiger partial charge >= 0.3 is 5.97 Å². The fourth-order valence-corrected chi connectivity index (χ4v) is 1.79. The number of carbonyl (C=O) groups is 2. The maximum Gasteiger partial charge on any atom is 0.308 e. The number of hydrogen-bond donors (Lipinski definition) is 2. The molecule has 116 valence electrons. The van der Waals surface area contributed by atoms with Crippen LogP contribution in [0.1, 0.15) is 38.7 Å². The summed E-state index contributed by atoms with van der Waals surface area (Å²) < 4.78 is 5.56. The highest BCUT2D eigenvalue weighted by atomic mass is 16.5. The van der Waals surface area contributed by atoms with E-state index in [1.807, 2.05) is 24.3 Å². The molecule has 1 aromatic rings. The highest BCUT2D eigenvalue weighted by molar-refractivity contribution is 5.78. The van der Waals surface area contributed by atoms with Crippen LogP contribution in [-0.2, 0) is 9.59 Å². The molecule has 5 nitrogen and oxygen atoms in total. The molecule has 0 heterocycles. The summed E-state index contributed by atoms with van der Waals surface area (Å²) >= 11 is 0. The van der Waals surface area contributed by atoms with Crippen LogP contribution in [0.5, 0.6) is 5.75 Å². The van der Waals surface area contributed by atoms with Crippen LogP contribution >= 0.6 is 0 Å². The van der Waals surface area contributed by atoms with Crippen LogP contribution in [0.2, 0.25) is 0 Å². The molecule has 0 aliphatic rings. The number of aliphatic carboxylic acids is 1. The fraction of sp³-hybridized carbons (Fsp3) is 0.500. The number of carboxylic acids is 1. The Hall–Kier alpha value is -2.04. The largest absolute Gasteiger partial charge is 0.483 e. The molecular weight excluding hydrogens is 270 g/mol. The molecule has 1 rings (SSSR count). The van der Waals surface area contributed by atoms with Gasteiger partial charge in [0, 0.05) is 6.54 Å². The van der Waals surface area contributed by atoms with Gasteiger partial charge in [-0.2, -0.15) is 0 Å². The van der Waals surface area contributed by atoms with Crippen LogP contribution in [-0.4, -0.2) is 30.1 Å². The third kappa shape index (κ3) is 5.45. The minimum atomic E-state index is -0.932. The second-order valence-corrected chi connectivity index (χ2v) is 5.18. The number of para-hydroxylation sites is 1. The van der Waals surface area contributed by atoms with E-state index in [4.69, 9.17) is 9.84 Å². The Morgan fingerprint density at radius 3 is 2.57 bits per heavy atom. The van der Waals surface area contributed by atoms with Crippen molar-refractivity contribution < 1.29 is 19.4 Å². The summed E-state index contributed by atoms with van der Waals surface area (Å²) in [6, 6.07) is 7.65. The molecular formula is C16H23NO4. The van der Waals surface area contributed by atoms with Crippen LogP contribution in [0.3, 0.4) is 0 Å². The summed E-state index contributed by atoms with van der Waals surface area (Å²) in [5.41, 5.74) is 1.08. The molecule has 21 heavy (non-hydrogen) atoms. The van der Waals surface area contributed by atoms with Gasteiger partial charge in [0.15, 0.2) is 6.61 Å². The number of hydrogen-bond acceptors (Lipinski definition) is 3. The standard InChI is InChI=1S/C16H23NO4/c1-4-11(2)13-7-5-6-8-14(13)21-10-15(18)17-9-12(3)16(19)20/h5-8,11-12H,4,9-10H2,1-3H3,(H,17,18)(H,19,20). The normalized spacial score (nSPS) is 13.3. The maximum absolute atomic E-state index is 11.7. The van der Waals surface area contributed by atoms with Crippen molar-refractivity contribution in [1.29, 1.82) is 0 Å². The van der Waals surface area contributed by atoms with E-state index >= 15 is 0 Å². The van der Waals surface area contributed by atoms with Crippen molar-refractivity contribution in [2.24, 2.45) is 5.92 Å². The molecule has 0 radical (unpaired) electrons. The lowest BCUT2D eigenvalue weighted by Crippen LogP contribution is -2.34.